The summed E-state index contributed by atoms with van der Waals surface area (Å²) in [5.74, 6) is 2.98. The van der Waals surface area contributed by atoms with Crippen molar-refractivity contribution in [2.24, 2.45) is 0 Å². The van der Waals surface area contributed by atoms with Crippen LogP contribution in [0.3, 0.4) is 0 Å². The van der Waals surface area contributed by atoms with E-state index in [0.29, 0.717) is 41.5 Å². The smallest absolute Gasteiger partial charge is 0.219 e. The van der Waals surface area contributed by atoms with Gasteiger partial charge in [0.05, 0.1) is 27.4 Å². The Morgan fingerprint density at radius 2 is 1.64 bits per heavy atom. The zero-order valence-electron chi connectivity index (χ0n) is 18.5. The fourth-order valence-corrected chi connectivity index (χ4v) is 4.51. The number of hydrogen-bond acceptors (Lipinski definition) is 9. The molecule has 2 aliphatic rings. The highest BCUT2D eigenvalue weighted by Gasteiger charge is 2.38. The Bertz CT molecular complexity index is 1220. The van der Waals surface area contributed by atoms with E-state index >= 15 is 0 Å². The van der Waals surface area contributed by atoms with E-state index in [4.69, 9.17) is 18.8 Å². The highest BCUT2D eigenvalue weighted by Crippen LogP contribution is 2.45. The van der Waals surface area contributed by atoms with Gasteiger partial charge in [-0.05, 0) is 58.5 Å². The van der Waals surface area contributed by atoms with Crippen LogP contribution < -0.4 is 24.8 Å². The molecule has 0 fully saturated rings. The Labute approximate surface area is 190 Å². The second-order valence-electron chi connectivity index (χ2n) is 7.97. The molecule has 9 heteroatoms. The van der Waals surface area contributed by atoms with E-state index in [1.807, 2.05) is 42.5 Å². The average Bonchev–Trinajstić information content (AvgIpc) is 3.22. The fourth-order valence-electron chi connectivity index (χ4n) is 4.51. The SMILES string of the molecule is COc1ccc([C@@H]2CC(=O)C3=C(C2)Nc2nonc2N[C@@H]3c2cc(OC)ccc2OC)cc1. The number of anilines is 2. The van der Waals surface area contributed by atoms with Crippen LogP contribution in [0.5, 0.6) is 17.2 Å². The normalized spacial score (nSPS) is 19.5. The highest BCUT2D eigenvalue weighted by molar-refractivity contribution is 6.01. The molecule has 0 radical (unpaired) electrons. The van der Waals surface area contributed by atoms with E-state index in [1.165, 1.54) is 0 Å². The lowest BCUT2D eigenvalue weighted by Crippen LogP contribution is -2.27. The lowest BCUT2D eigenvalue weighted by atomic mass is 9.78. The predicted molar refractivity (Wildman–Crippen MR) is 121 cm³/mol. The Balaban J connectivity index is 1.60. The number of carbonyl (C=O) groups excluding carboxylic acids is 1. The van der Waals surface area contributed by atoms with Crippen molar-refractivity contribution in [1.29, 1.82) is 0 Å². The standard InChI is InChI=1S/C24H24N4O5/c1-30-15-6-4-13(5-7-15)14-10-18-21(19(29)11-14)22(26-24-23(25-18)27-33-28-24)17-12-16(31-2)8-9-20(17)32-3/h4-9,12,14,22H,10-11H2,1-3H3,(H,25,27)(H,26,28)/t14-,22+/m0/s1. The molecular formula is C24H24N4O5. The lowest BCUT2D eigenvalue weighted by molar-refractivity contribution is -0.116. The Hall–Kier alpha value is -4.01. The number of benzene rings is 2. The Morgan fingerprint density at radius 3 is 2.36 bits per heavy atom. The van der Waals surface area contributed by atoms with E-state index in [-0.39, 0.29) is 11.7 Å². The molecule has 1 aromatic heterocycles. The number of aromatic nitrogens is 2. The maximum atomic E-state index is 13.6. The van der Waals surface area contributed by atoms with E-state index in [9.17, 15) is 4.79 Å². The number of ether oxygens (including phenoxy) is 3. The van der Waals surface area contributed by atoms with E-state index in [2.05, 4.69) is 20.9 Å². The number of nitrogens with zero attached hydrogens (tertiary/aromatic N) is 2. The zero-order chi connectivity index (χ0) is 22.9. The number of Topliss-reactive ketones (excluding diaryl/α,β-unsaturated/α-hetero) is 1. The first-order valence-electron chi connectivity index (χ1n) is 10.6. The van der Waals surface area contributed by atoms with Gasteiger partial charge in [-0.1, -0.05) is 12.1 Å². The maximum Gasteiger partial charge on any atom is 0.219 e. The van der Waals surface area contributed by atoms with Gasteiger partial charge in [0, 0.05) is 23.3 Å². The fraction of sp³-hybridized carbons (Fsp3) is 0.292. The van der Waals surface area contributed by atoms with Crippen molar-refractivity contribution in [3.8, 4) is 17.2 Å². The average molecular weight is 448 g/mol. The van der Waals surface area contributed by atoms with Crippen molar-refractivity contribution in [2.45, 2.75) is 24.8 Å². The summed E-state index contributed by atoms with van der Waals surface area (Å²) < 4.78 is 21.3. The molecule has 2 heterocycles. The summed E-state index contributed by atoms with van der Waals surface area (Å²) in [5.41, 5.74) is 3.25. The molecule has 2 N–H and O–H groups in total. The summed E-state index contributed by atoms with van der Waals surface area (Å²) in [6.07, 6.45) is 1.01. The van der Waals surface area contributed by atoms with Crippen LogP contribution >= 0.6 is 0 Å². The molecule has 5 rings (SSSR count). The monoisotopic (exact) mass is 448 g/mol. The number of carbonyl (C=O) groups is 1. The van der Waals surface area contributed by atoms with Crippen LogP contribution in [0.2, 0.25) is 0 Å². The van der Waals surface area contributed by atoms with Crippen LogP contribution in [0.25, 0.3) is 0 Å². The number of allylic oxidation sites excluding steroid dienone is 1. The van der Waals surface area contributed by atoms with Crippen molar-refractivity contribution in [2.75, 3.05) is 32.0 Å². The molecule has 0 amide bonds. The third kappa shape index (κ3) is 3.75. The van der Waals surface area contributed by atoms with E-state index in [1.54, 1.807) is 21.3 Å². The number of hydrogen-bond donors (Lipinski definition) is 2. The maximum absolute atomic E-state index is 13.6. The molecule has 9 nitrogen and oxygen atoms in total. The molecule has 1 aliphatic heterocycles. The predicted octanol–water partition coefficient (Wildman–Crippen LogP) is 4.07. The molecule has 3 aromatic rings. The molecule has 2 atom stereocenters. The zero-order valence-corrected chi connectivity index (χ0v) is 18.5. The van der Waals surface area contributed by atoms with Gasteiger partial charge in [0.25, 0.3) is 0 Å². The molecule has 0 spiro atoms. The van der Waals surface area contributed by atoms with E-state index < -0.39 is 6.04 Å². The summed E-state index contributed by atoms with van der Waals surface area (Å²) in [4.78, 5) is 13.6. The number of rotatable bonds is 5. The summed E-state index contributed by atoms with van der Waals surface area (Å²) in [5, 5.41) is 14.6. The Kier molecular flexibility index (Phi) is 5.37. The molecule has 2 aromatic carbocycles. The van der Waals surface area contributed by atoms with Gasteiger partial charge in [-0.3, -0.25) is 4.79 Å². The van der Waals surface area contributed by atoms with Crippen molar-refractivity contribution < 1.29 is 23.6 Å². The third-order valence-corrected chi connectivity index (χ3v) is 6.17. The highest BCUT2D eigenvalue weighted by atomic mass is 16.6. The van der Waals surface area contributed by atoms with Crippen molar-refractivity contribution in [3.05, 3.63) is 64.9 Å². The number of fused-ring (bicyclic) bond motifs is 1. The topological polar surface area (TPSA) is 108 Å². The van der Waals surface area contributed by atoms with Gasteiger partial charge in [0.1, 0.15) is 17.2 Å². The first-order chi connectivity index (χ1) is 16.1. The lowest BCUT2D eigenvalue weighted by Gasteiger charge is -2.30. The number of methoxy groups -OCH3 is 3. The molecular weight excluding hydrogens is 424 g/mol. The third-order valence-electron chi connectivity index (χ3n) is 6.17. The number of nitrogens with one attached hydrogen (secondary N) is 2. The van der Waals surface area contributed by atoms with Crippen LogP contribution in [0.15, 0.2) is 58.4 Å². The van der Waals surface area contributed by atoms with Gasteiger partial charge in [-0.2, -0.15) is 0 Å². The largest absolute Gasteiger partial charge is 0.497 e. The molecule has 0 bridgehead atoms. The number of ketones is 1. The van der Waals surface area contributed by atoms with Crippen LogP contribution in [0.1, 0.15) is 35.9 Å². The van der Waals surface area contributed by atoms with Crippen LogP contribution in [0, 0.1) is 0 Å². The van der Waals surface area contributed by atoms with Crippen molar-refractivity contribution in [3.63, 3.8) is 0 Å². The van der Waals surface area contributed by atoms with Crippen molar-refractivity contribution >= 4 is 17.4 Å². The second-order valence-corrected chi connectivity index (χ2v) is 7.97. The van der Waals surface area contributed by atoms with Gasteiger partial charge in [0.2, 0.25) is 11.6 Å². The summed E-state index contributed by atoms with van der Waals surface area (Å²) in [7, 11) is 4.83. The minimum absolute atomic E-state index is 0.0175. The van der Waals surface area contributed by atoms with Crippen LogP contribution in [0.4, 0.5) is 11.6 Å². The minimum Gasteiger partial charge on any atom is -0.497 e. The van der Waals surface area contributed by atoms with Gasteiger partial charge >= 0.3 is 0 Å². The van der Waals surface area contributed by atoms with Gasteiger partial charge in [-0.25, -0.2) is 4.63 Å². The van der Waals surface area contributed by atoms with E-state index in [0.717, 1.165) is 22.6 Å². The first kappa shape index (κ1) is 20.9. The van der Waals surface area contributed by atoms with Crippen molar-refractivity contribution in [1.82, 2.24) is 10.3 Å². The summed E-state index contributed by atoms with van der Waals surface area (Å²) in [6.45, 7) is 0. The molecule has 170 valence electrons. The minimum atomic E-state index is -0.519. The molecule has 33 heavy (non-hydrogen) atoms. The van der Waals surface area contributed by atoms with Crippen LogP contribution in [-0.2, 0) is 4.79 Å². The molecule has 0 saturated carbocycles. The Morgan fingerprint density at radius 1 is 0.909 bits per heavy atom. The first-order valence-corrected chi connectivity index (χ1v) is 10.6. The van der Waals surface area contributed by atoms with Gasteiger partial charge < -0.3 is 24.8 Å². The quantitative estimate of drug-likeness (QED) is 0.597. The molecule has 1 aliphatic carbocycles. The summed E-state index contributed by atoms with van der Waals surface area (Å²) in [6, 6.07) is 12.8. The van der Waals surface area contributed by atoms with Gasteiger partial charge in [0.15, 0.2) is 5.78 Å². The van der Waals surface area contributed by atoms with Crippen LogP contribution in [-0.4, -0.2) is 37.4 Å². The van der Waals surface area contributed by atoms with Gasteiger partial charge in [-0.15, -0.1) is 0 Å². The second kappa shape index (κ2) is 8.50. The molecule has 0 saturated heterocycles. The summed E-state index contributed by atoms with van der Waals surface area (Å²) >= 11 is 0. The molecule has 0 unspecified atom stereocenters.